The van der Waals surface area contributed by atoms with Crippen LogP contribution in [0.2, 0.25) is 0 Å². The van der Waals surface area contributed by atoms with E-state index in [2.05, 4.69) is 15.6 Å². The summed E-state index contributed by atoms with van der Waals surface area (Å²) in [5.74, 6) is 0.432. The zero-order chi connectivity index (χ0) is 21.4. The number of halogens is 4. The predicted octanol–water partition coefficient (Wildman–Crippen LogP) is 3.93. The van der Waals surface area contributed by atoms with Crippen LogP contribution in [-0.4, -0.2) is 44.5 Å². The first-order valence-electron chi connectivity index (χ1n) is 9.12. The lowest BCUT2D eigenvalue weighted by Gasteiger charge is -2.14. The highest BCUT2D eigenvalue weighted by Gasteiger charge is 2.30. The van der Waals surface area contributed by atoms with E-state index in [1.165, 1.54) is 11.0 Å². The molecule has 164 valence electrons. The van der Waals surface area contributed by atoms with Gasteiger partial charge in [0, 0.05) is 39.8 Å². The van der Waals surface area contributed by atoms with E-state index in [1.54, 1.807) is 33.3 Å². The molecule has 0 aliphatic carbocycles. The van der Waals surface area contributed by atoms with Crippen molar-refractivity contribution in [2.45, 2.75) is 19.1 Å². The van der Waals surface area contributed by atoms with Crippen molar-refractivity contribution in [2.24, 2.45) is 4.99 Å². The molecule has 2 aromatic rings. The molecule has 5 nitrogen and oxygen atoms in total. The number of carbonyl (C=O) groups is 1. The summed E-state index contributed by atoms with van der Waals surface area (Å²) in [6, 6.07) is 12.6. The summed E-state index contributed by atoms with van der Waals surface area (Å²) in [5, 5.41) is 6.13. The van der Waals surface area contributed by atoms with Gasteiger partial charge in [-0.3, -0.25) is 9.79 Å². The smallest absolute Gasteiger partial charge is 0.356 e. The minimum atomic E-state index is -4.36. The minimum Gasteiger partial charge on any atom is -0.356 e. The third-order valence-corrected chi connectivity index (χ3v) is 4.22. The molecule has 0 bridgehead atoms. The van der Waals surface area contributed by atoms with E-state index in [9.17, 15) is 18.0 Å². The average molecular weight is 534 g/mol. The van der Waals surface area contributed by atoms with Crippen LogP contribution in [0.25, 0.3) is 0 Å². The molecule has 1 amide bonds. The van der Waals surface area contributed by atoms with Gasteiger partial charge in [0.25, 0.3) is 5.91 Å². The molecule has 0 atom stereocenters. The molecular weight excluding hydrogens is 508 g/mol. The third kappa shape index (κ3) is 7.85. The van der Waals surface area contributed by atoms with Crippen molar-refractivity contribution in [1.82, 2.24) is 15.5 Å². The second-order valence-corrected chi connectivity index (χ2v) is 6.70. The Morgan fingerprint density at radius 2 is 1.70 bits per heavy atom. The summed E-state index contributed by atoms with van der Waals surface area (Å²) in [6.07, 6.45) is -3.70. The predicted molar refractivity (Wildman–Crippen MR) is 123 cm³/mol. The summed E-state index contributed by atoms with van der Waals surface area (Å²) < 4.78 is 38.4. The molecule has 2 rings (SSSR count). The monoisotopic (exact) mass is 534 g/mol. The zero-order valence-electron chi connectivity index (χ0n) is 17.1. The highest BCUT2D eigenvalue weighted by molar-refractivity contribution is 14.0. The van der Waals surface area contributed by atoms with Gasteiger partial charge in [-0.15, -0.1) is 24.0 Å². The van der Waals surface area contributed by atoms with Gasteiger partial charge in [-0.25, -0.2) is 0 Å². The zero-order valence-corrected chi connectivity index (χ0v) is 19.4. The van der Waals surface area contributed by atoms with E-state index in [4.69, 9.17) is 0 Å². The Balaban J connectivity index is 0.00000450. The van der Waals surface area contributed by atoms with Crippen molar-refractivity contribution >= 4 is 35.8 Å². The van der Waals surface area contributed by atoms with E-state index in [-0.39, 0.29) is 36.4 Å². The maximum Gasteiger partial charge on any atom is 0.416 e. The summed E-state index contributed by atoms with van der Waals surface area (Å²) in [7, 11) is 5.01. The maximum absolute atomic E-state index is 12.8. The first kappa shape index (κ1) is 25.7. The van der Waals surface area contributed by atoms with Gasteiger partial charge in [0.05, 0.1) is 5.56 Å². The number of alkyl halides is 3. The first-order chi connectivity index (χ1) is 13.7. The second kappa shape index (κ2) is 11.8. The number of benzene rings is 2. The highest BCUT2D eigenvalue weighted by Crippen LogP contribution is 2.29. The lowest BCUT2D eigenvalue weighted by molar-refractivity contribution is -0.137. The molecule has 2 N–H and O–H groups in total. The standard InChI is InChI=1S/C21H25F3N4O.HI/c1-25-20(27-14-16-7-5-9-18(13-16)21(22,23)24)26-11-10-15-6-4-8-17(12-15)19(29)28(2)3;/h4-9,12-13H,10-11,14H2,1-3H3,(H2,25,26,27);1H. The Bertz CT molecular complexity index is 869. The van der Waals surface area contributed by atoms with Crippen LogP contribution in [0.1, 0.15) is 27.0 Å². The van der Waals surface area contributed by atoms with Crippen molar-refractivity contribution in [2.75, 3.05) is 27.7 Å². The fourth-order valence-electron chi connectivity index (χ4n) is 2.71. The van der Waals surface area contributed by atoms with Crippen molar-refractivity contribution < 1.29 is 18.0 Å². The molecule has 0 aromatic heterocycles. The molecule has 0 saturated heterocycles. The molecule has 9 heteroatoms. The number of amides is 1. The Morgan fingerprint density at radius 3 is 2.33 bits per heavy atom. The van der Waals surface area contributed by atoms with Crippen molar-refractivity contribution in [1.29, 1.82) is 0 Å². The van der Waals surface area contributed by atoms with Crippen molar-refractivity contribution in [3.8, 4) is 0 Å². The molecule has 30 heavy (non-hydrogen) atoms. The van der Waals surface area contributed by atoms with Gasteiger partial charge in [0.2, 0.25) is 0 Å². The number of nitrogens with one attached hydrogen (secondary N) is 2. The number of carbonyl (C=O) groups excluding carboxylic acids is 1. The van der Waals surface area contributed by atoms with Gasteiger partial charge in [0.15, 0.2) is 5.96 Å². The maximum atomic E-state index is 12.8. The summed E-state index contributed by atoms with van der Waals surface area (Å²) >= 11 is 0. The topological polar surface area (TPSA) is 56.7 Å². The number of nitrogens with zero attached hydrogens (tertiary/aromatic N) is 2. The van der Waals surface area contributed by atoms with E-state index >= 15 is 0 Å². The normalized spacial score (nSPS) is 11.5. The summed E-state index contributed by atoms with van der Waals surface area (Å²) in [6.45, 7) is 0.776. The SMILES string of the molecule is CN=C(NCCc1cccc(C(=O)N(C)C)c1)NCc1cccc(C(F)(F)F)c1.I. The molecule has 0 spiro atoms. The largest absolute Gasteiger partial charge is 0.416 e. The van der Waals surface area contributed by atoms with Crippen molar-refractivity contribution in [3.63, 3.8) is 0 Å². The fraction of sp³-hybridized carbons (Fsp3) is 0.333. The number of guanidine groups is 1. The molecule has 2 aromatic carbocycles. The molecule has 0 fully saturated rings. The molecule has 0 aliphatic rings. The second-order valence-electron chi connectivity index (χ2n) is 6.70. The van der Waals surface area contributed by atoms with Gasteiger partial charge >= 0.3 is 6.18 Å². The number of rotatable bonds is 6. The van der Waals surface area contributed by atoms with Crippen LogP contribution in [-0.2, 0) is 19.1 Å². The lowest BCUT2D eigenvalue weighted by atomic mass is 10.1. The van der Waals surface area contributed by atoms with Gasteiger partial charge in [-0.1, -0.05) is 24.3 Å². The molecule has 0 heterocycles. The van der Waals surface area contributed by atoms with E-state index in [0.717, 1.165) is 17.7 Å². The molecule has 0 unspecified atom stereocenters. The van der Waals surface area contributed by atoms with Gasteiger partial charge in [0.1, 0.15) is 0 Å². The molecular formula is C21H26F3IN4O. The quantitative estimate of drug-likeness (QED) is 0.336. The van der Waals surface area contributed by atoms with Gasteiger partial charge < -0.3 is 15.5 Å². The Morgan fingerprint density at radius 1 is 1.03 bits per heavy atom. The van der Waals surface area contributed by atoms with Crippen LogP contribution in [0.5, 0.6) is 0 Å². The number of hydrogen-bond donors (Lipinski definition) is 2. The van der Waals surface area contributed by atoms with Crippen LogP contribution in [0.4, 0.5) is 13.2 Å². The van der Waals surface area contributed by atoms with Crippen LogP contribution in [0, 0.1) is 0 Å². The first-order valence-corrected chi connectivity index (χ1v) is 9.12. The van der Waals surface area contributed by atoms with Crippen LogP contribution < -0.4 is 10.6 Å². The Labute approximate surface area is 191 Å². The molecule has 0 saturated carbocycles. The van der Waals surface area contributed by atoms with Gasteiger partial charge in [-0.05, 0) is 41.8 Å². The molecule has 0 aliphatic heterocycles. The fourth-order valence-corrected chi connectivity index (χ4v) is 2.71. The van der Waals surface area contributed by atoms with E-state index < -0.39 is 11.7 Å². The highest BCUT2D eigenvalue weighted by atomic mass is 127. The average Bonchev–Trinajstić information content (AvgIpc) is 2.69. The molecule has 0 radical (unpaired) electrons. The van der Waals surface area contributed by atoms with Crippen LogP contribution in [0.3, 0.4) is 0 Å². The third-order valence-electron chi connectivity index (χ3n) is 4.22. The Hall–Kier alpha value is -2.30. The minimum absolute atomic E-state index is 0. The Kier molecular flexibility index (Phi) is 10.1. The van der Waals surface area contributed by atoms with Crippen LogP contribution in [0.15, 0.2) is 53.5 Å². The van der Waals surface area contributed by atoms with Gasteiger partial charge in [-0.2, -0.15) is 13.2 Å². The van der Waals surface area contributed by atoms with E-state index in [1.807, 2.05) is 18.2 Å². The number of hydrogen-bond acceptors (Lipinski definition) is 2. The van der Waals surface area contributed by atoms with Crippen molar-refractivity contribution in [3.05, 3.63) is 70.8 Å². The number of aliphatic imine (C=N–C) groups is 1. The van der Waals surface area contributed by atoms with Crippen LogP contribution >= 0.6 is 24.0 Å². The summed E-state index contributed by atoms with van der Waals surface area (Å²) in [5.41, 5.74) is 1.46. The summed E-state index contributed by atoms with van der Waals surface area (Å²) in [4.78, 5) is 17.7. The van der Waals surface area contributed by atoms with E-state index in [0.29, 0.717) is 30.1 Å². The lowest BCUT2D eigenvalue weighted by Crippen LogP contribution is -2.37.